The van der Waals surface area contributed by atoms with Crippen molar-refractivity contribution in [3.05, 3.63) is 42.0 Å². The van der Waals surface area contributed by atoms with Gasteiger partial charge in [-0.2, -0.15) is 0 Å². The molecule has 1 aromatic carbocycles. The van der Waals surface area contributed by atoms with E-state index in [0.29, 0.717) is 11.3 Å². The lowest BCUT2D eigenvalue weighted by Gasteiger charge is -2.38. The Morgan fingerprint density at radius 1 is 1.12 bits per heavy atom. The second-order valence-electron chi connectivity index (χ2n) is 6.62. The number of nitrogens with zero attached hydrogens (tertiary/aromatic N) is 1. The van der Waals surface area contributed by atoms with Crippen LogP contribution in [0, 0.1) is 23.7 Å². The molecule has 1 saturated carbocycles. The van der Waals surface area contributed by atoms with Crippen LogP contribution in [0.2, 0.25) is 0 Å². The highest BCUT2D eigenvalue weighted by atomic mass is 16.5. The molecule has 0 radical (unpaired) electrons. The monoisotopic (exact) mass is 325 g/mol. The first-order valence-electron chi connectivity index (χ1n) is 8.45. The Bertz CT molecular complexity index is 721. The fraction of sp³-hybridized carbons (Fsp3) is 0.421. The molecule has 24 heavy (non-hydrogen) atoms. The molecule has 2 bridgehead atoms. The van der Waals surface area contributed by atoms with Gasteiger partial charge in [0, 0.05) is 0 Å². The zero-order valence-electron chi connectivity index (χ0n) is 13.5. The smallest absolute Gasteiger partial charge is 0.338 e. The molecule has 1 saturated heterocycles. The van der Waals surface area contributed by atoms with Crippen molar-refractivity contribution < 1.29 is 19.1 Å². The predicted octanol–water partition coefficient (Wildman–Crippen LogP) is 2.56. The molecule has 1 aromatic rings. The molecular weight excluding hydrogens is 306 g/mol. The minimum atomic E-state index is -0.447. The predicted molar refractivity (Wildman–Crippen MR) is 87.2 cm³/mol. The van der Waals surface area contributed by atoms with E-state index in [2.05, 4.69) is 12.2 Å². The van der Waals surface area contributed by atoms with Gasteiger partial charge in [0.1, 0.15) is 0 Å². The summed E-state index contributed by atoms with van der Waals surface area (Å²) in [5.41, 5.74) is 0.815. The van der Waals surface area contributed by atoms with Gasteiger partial charge in [0.05, 0.1) is 29.7 Å². The molecule has 2 amide bonds. The molecule has 3 aliphatic carbocycles. The average molecular weight is 325 g/mol. The summed E-state index contributed by atoms with van der Waals surface area (Å²) < 4.78 is 5.00. The first-order valence-corrected chi connectivity index (χ1v) is 8.45. The highest BCUT2D eigenvalue weighted by molar-refractivity contribution is 6.22. The lowest BCUT2D eigenvalue weighted by Crippen LogP contribution is -2.38. The first-order chi connectivity index (χ1) is 11.6. The number of carbonyl (C=O) groups excluding carboxylic acids is 3. The fourth-order valence-corrected chi connectivity index (χ4v) is 4.32. The minimum absolute atomic E-state index is 0.134. The Morgan fingerprint density at radius 2 is 1.75 bits per heavy atom. The van der Waals surface area contributed by atoms with E-state index in [1.807, 2.05) is 0 Å². The summed E-state index contributed by atoms with van der Waals surface area (Å²) in [7, 11) is 0. The van der Waals surface area contributed by atoms with Crippen molar-refractivity contribution >= 4 is 23.5 Å². The van der Waals surface area contributed by atoms with Crippen molar-refractivity contribution in [1.82, 2.24) is 0 Å². The van der Waals surface area contributed by atoms with Crippen molar-refractivity contribution in [2.24, 2.45) is 23.7 Å². The quantitative estimate of drug-likeness (QED) is 0.487. The van der Waals surface area contributed by atoms with Gasteiger partial charge in [0.25, 0.3) is 0 Å². The van der Waals surface area contributed by atoms with E-state index in [9.17, 15) is 14.4 Å². The summed E-state index contributed by atoms with van der Waals surface area (Å²) in [6.07, 6.45) is 6.13. The van der Waals surface area contributed by atoms with Crippen molar-refractivity contribution in [1.29, 1.82) is 0 Å². The van der Waals surface area contributed by atoms with Crippen LogP contribution < -0.4 is 4.90 Å². The first kappa shape index (κ1) is 15.1. The Labute approximate surface area is 140 Å². The maximum absolute atomic E-state index is 12.9. The maximum atomic E-state index is 12.9. The van der Waals surface area contributed by atoms with E-state index in [0.717, 1.165) is 12.8 Å². The number of amides is 2. The van der Waals surface area contributed by atoms with Crippen LogP contribution >= 0.6 is 0 Å². The molecule has 1 aliphatic heterocycles. The molecule has 124 valence electrons. The van der Waals surface area contributed by atoms with Crippen molar-refractivity contribution in [3.63, 3.8) is 0 Å². The van der Waals surface area contributed by atoms with E-state index >= 15 is 0 Å². The zero-order chi connectivity index (χ0) is 16.8. The van der Waals surface area contributed by atoms with Crippen LogP contribution in [0.3, 0.4) is 0 Å². The SMILES string of the molecule is CCOC(=O)c1cccc(N2C(=O)[C@@H]3[C@H](C2=O)[C@@H]2C=C[C@@H]3CC2)c1. The average Bonchev–Trinajstić information content (AvgIpc) is 2.89. The van der Waals surface area contributed by atoms with Crippen LogP contribution in [0.4, 0.5) is 5.69 Å². The number of esters is 1. The lowest BCUT2D eigenvalue weighted by molar-refractivity contribution is -0.124. The number of hydrogen-bond donors (Lipinski definition) is 0. The van der Waals surface area contributed by atoms with E-state index in [4.69, 9.17) is 4.74 Å². The van der Waals surface area contributed by atoms with Gasteiger partial charge in [0.2, 0.25) is 11.8 Å². The third-order valence-electron chi connectivity index (χ3n) is 5.37. The summed E-state index contributed by atoms with van der Waals surface area (Å²) >= 11 is 0. The molecule has 5 rings (SSSR count). The number of imide groups is 1. The number of ether oxygens (including phenoxy) is 1. The van der Waals surface area contributed by atoms with E-state index < -0.39 is 5.97 Å². The minimum Gasteiger partial charge on any atom is -0.462 e. The van der Waals surface area contributed by atoms with Gasteiger partial charge >= 0.3 is 5.97 Å². The van der Waals surface area contributed by atoms with Crippen molar-refractivity contribution in [2.75, 3.05) is 11.5 Å². The second-order valence-corrected chi connectivity index (χ2v) is 6.62. The molecule has 4 atom stereocenters. The normalized spacial score (nSPS) is 30.6. The molecule has 0 N–H and O–H groups in total. The highest BCUT2D eigenvalue weighted by Crippen LogP contribution is 2.50. The number of anilines is 1. The number of allylic oxidation sites excluding steroid dienone is 2. The molecule has 1 heterocycles. The highest BCUT2D eigenvalue weighted by Gasteiger charge is 2.56. The summed E-state index contributed by atoms with van der Waals surface area (Å²) in [4.78, 5) is 39.0. The zero-order valence-corrected chi connectivity index (χ0v) is 13.5. The van der Waals surface area contributed by atoms with Gasteiger partial charge in [-0.3, -0.25) is 9.59 Å². The van der Waals surface area contributed by atoms with Gasteiger partial charge in [-0.15, -0.1) is 0 Å². The fourth-order valence-electron chi connectivity index (χ4n) is 4.32. The molecule has 0 unspecified atom stereocenters. The van der Waals surface area contributed by atoms with Crippen LogP contribution in [0.25, 0.3) is 0 Å². The van der Waals surface area contributed by atoms with Crippen molar-refractivity contribution in [2.45, 2.75) is 19.8 Å². The van der Waals surface area contributed by atoms with Gasteiger partial charge in [-0.25, -0.2) is 9.69 Å². The van der Waals surface area contributed by atoms with Crippen molar-refractivity contribution in [3.8, 4) is 0 Å². The lowest BCUT2D eigenvalue weighted by atomic mass is 9.63. The number of carbonyl (C=O) groups is 3. The van der Waals surface area contributed by atoms with Crippen LogP contribution in [0.15, 0.2) is 36.4 Å². The molecular formula is C19H19NO4. The summed E-state index contributed by atoms with van der Waals surface area (Å²) in [6, 6.07) is 6.58. The molecule has 0 spiro atoms. The summed E-state index contributed by atoms with van der Waals surface area (Å²) in [6.45, 7) is 2.02. The molecule has 5 heteroatoms. The van der Waals surface area contributed by atoms with Gasteiger partial charge < -0.3 is 4.74 Å². The van der Waals surface area contributed by atoms with Gasteiger partial charge in [-0.05, 0) is 49.8 Å². The molecule has 4 aliphatic rings. The van der Waals surface area contributed by atoms with Gasteiger partial charge in [-0.1, -0.05) is 18.2 Å². The number of benzene rings is 1. The van der Waals surface area contributed by atoms with Crippen LogP contribution in [-0.2, 0) is 14.3 Å². The Balaban J connectivity index is 1.68. The van der Waals surface area contributed by atoms with E-state index in [-0.39, 0.29) is 42.1 Å². The van der Waals surface area contributed by atoms with Gasteiger partial charge in [0.15, 0.2) is 0 Å². The summed E-state index contributed by atoms with van der Waals surface area (Å²) in [5, 5.41) is 0. The van der Waals surface area contributed by atoms with Crippen LogP contribution in [-0.4, -0.2) is 24.4 Å². The number of fused-ring (bicyclic) bond motifs is 1. The third kappa shape index (κ3) is 2.11. The van der Waals surface area contributed by atoms with Crippen LogP contribution in [0.5, 0.6) is 0 Å². The van der Waals surface area contributed by atoms with E-state index in [1.165, 1.54) is 4.90 Å². The molecule has 0 aromatic heterocycles. The molecule has 5 nitrogen and oxygen atoms in total. The summed E-state index contributed by atoms with van der Waals surface area (Å²) in [5.74, 6) is -0.878. The Kier molecular flexibility index (Phi) is 3.52. The topological polar surface area (TPSA) is 63.7 Å². The maximum Gasteiger partial charge on any atom is 0.338 e. The number of hydrogen-bond acceptors (Lipinski definition) is 4. The molecule has 2 fully saturated rings. The van der Waals surface area contributed by atoms with E-state index in [1.54, 1.807) is 31.2 Å². The largest absolute Gasteiger partial charge is 0.462 e. The number of rotatable bonds is 3. The van der Waals surface area contributed by atoms with Crippen LogP contribution in [0.1, 0.15) is 30.1 Å². The third-order valence-corrected chi connectivity index (χ3v) is 5.37. The Morgan fingerprint density at radius 3 is 2.29 bits per heavy atom. The standard InChI is InChI=1S/C19H19NO4/c1-2-24-19(23)13-4-3-5-14(10-13)20-17(21)15-11-6-7-12(9-8-11)16(15)18(20)22/h3-7,10-12,15-16H,2,8-9H2,1H3/t11-,12-,15-,16+/m1/s1. The Hall–Kier alpha value is -2.43. The second kappa shape index (κ2) is 5.58.